The minimum atomic E-state index is -0.211. The lowest BCUT2D eigenvalue weighted by Gasteiger charge is -2.35. The van der Waals surface area contributed by atoms with Gasteiger partial charge in [0.25, 0.3) is 5.56 Å². The van der Waals surface area contributed by atoms with Crippen molar-refractivity contribution in [2.45, 2.75) is 32.9 Å². The zero-order chi connectivity index (χ0) is 18.3. The van der Waals surface area contributed by atoms with E-state index in [1.54, 1.807) is 37.9 Å². The second kappa shape index (κ2) is 6.50. The van der Waals surface area contributed by atoms with Gasteiger partial charge in [0, 0.05) is 34.2 Å². The molecule has 1 saturated heterocycles. The molecule has 3 amide bonds. The highest BCUT2D eigenvalue weighted by Gasteiger charge is 2.35. The third-order valence-electron chi connectivity index (χ3n) is 5.12. The fourth-order valence-corrected chi connectivity index (χ4v) is 3.58. The molecule has 3 rings (SSSR count). The van der Waals surface area contributed by atoms with Crippen LogP contribution >= 0.6 is 0 Å². The Balaban J connectivity index is 1.73. The van der Waals surface area contributed by atoms with Crippen molar-refractivity contribution in [3.8, 4) is 0 Å². The minimum absolute atomic E-state index is 0.00830. The maximum absolute atomic E-state index is 12.9. The summed E-state index contributed by atoms with van der Waals surface area (Å²) >= 11 is 0. The SMILES string of the molecule is Cc1nc2c(c(=O)n1C)CN(C(=O)[C@H]1CCCN(C(=O)N(C)C)C1)C2. The van der Waals surface area contributed by atoms with Gasteiger partial charge in [-0.3, -0.25) is 14.2 Å². The monoisotopic (exact) mass is 347 g/mol. The van der Waals surface area contributed by atoms with Crippen LogP contribution in [0.2, 0.25) is 0 Å². The first-order chi connectivity index (χ1) is 11.8. The van der Waals surface area contributed by atoms with Crippen molar-refractivity contribution in [2.75, 3.05) is 27.2 Å². The molecular formula is C17H25N5O3. The molecule has 0 radical (unpaired) electrons. The third-order valence-corrected chi connectivity index (χ3v) is 5.12. The van der Waals surface area contributed by atoms with E-state index in [1.807, 2.05) is 0 Å². The van der Waals surface area contributed by atoms with Crippen LogP contribution in [0.15, 0.2) is 4.79 Å². The first kappa shape index (κ1) is 17.4. The number of carbonyl (C=O) groups is 2. The second-order valence-corrected chi connectivity index (χ2v) is 7.10. The second-order valence-electron chi connectivity index (χ2n) is 7.10. The van der Waals surface area contributed by atoms with Gasteiger partial charge in [-0.05, 0) is 19.8 Å². The number of aryl methyl sites for hydroxylation is 1. The quantitative estimate of drug-likeness (QED) is 0.733. The standard InChI is InChI=1S/C17H25N5O3/c1-11-18-14-10-22(9-13(14)16(24)20(11)4)15(23)12-6-5-7-21(8-12)17(25)19(2)3/h12H,5-10H2,1-4H3/t12-/m0/s1. The summed E-state index contributed by atoms with van der Waals surface area (Å²) in [6.07, 6.45) is 1.59. The molecule has 0 aliphatic carbocycles. The van der Waals surface area contributed by atoms with Crippen molar-refractivity contribution in [2.24, 2.45) is 13.0 Å². The van der Waals surface area contributed by atoms with Gasteiger partial charge in [0.05, 0.1) is 30.3 Å². The number of hydrogen-bond donors (Lipinski definition) is 0. The van der Waals surface area contributed by atoms with Crippen LogP contribution in [0.3, 0.4) is 0 Å². The van der Waals surface area contributed by atoms with Gasteiger partial charge in [-0.25, -0.2) is 9.78 Å². The molecule has 1 aromatic rings. The van der Waals surface area contributed by atoms with Gasteiger partial charge >= 0.3 is 6.03 Å². The lowest BCUT2D eigenvalue weighted by Crippen LogP contribution is -2.48. The van der Waals surface area contributed by atoms with Crippen LogP contribution in [-0.4, -0.2) is 63.4 Å². The number of urea groups is 1. The third kappa shape index (κ3) is 3.12. The Morgan fingerprint density at radius 2 is 1.92 bits per heavy atom. The van der Waals surface area contributed by atoms with E-state index < -0.39 is 0 Å². The number of piperidine rings is 1. The number of carbonyl (C=O) groups excluding carboxylic acids is 2. The van der Waals surface area contributed by atoms with Gasteiger partial charge in [-0.1, -0.05) is 0 Å². The van der Waals surface area contributed by atoms with E-state index in [1.165, 1.54) is 9.47 Å². The summed E-state index contributed by atoms with van der Waals surface area (Å²) in [5.41, 5.74) is 1.23. The van der Waals surface area contributed by atoms with Crippen molar-refractivity contribution in [3.63, 3.8) is 0 Å². The Bertz CT molecular complexity index is 770. The molecule has 0 N–H and O–H groups in total. The number of rotatable bonds is 1. The van der Waals surface area contributed by atoms with Gasteiger partial charge in [-0.2, -0.15) is 0 Å². The highest BCUT2D eigenvalue weighted by Crippen LogP contribution is 2.25. The summed E-state index contributed by atoms with van der Waals surface area (Å²) in [5.74, 6) is 0.448. The summed E-state index contributed by atoms with van der Waals surface area (Å²) in [4.78, 5) is 46.9. The van der Waals surface area contributed by atoms with E-state index in [4.69, 9.17) is 0 Å². The number of likely N-dealkylation sites (tertiary alicyclic amines) is 1. The highest BCUT2D eigenvalue weighted by molar-refractivity contribution is 5.81. The number of hydrogen-bond acceptors (Lipinski definition) is 4. The van der Waals surface area contributed by atoms with Crippen LogP contribution in [0.5, 0.6) is 0 Å². The molecule has 0 bridgehead atoms. The van der Waals surface area contributed by atoms with Crippen LogP contribution in [0.1, 0.15) is 29.9 Å². The average molecular weight is 347 g/mol. The van der Waals surface area contributed by atoms with Crippen molar-refractivity contribution >= 4 is 11.9 Å². The molecule has 0 spiro atoms. The predicted octanol–water partition coefficient (Wildman–Crippen LogP) is 0.325. The molecule has 1 aromatic heterocycles. The number of nitrogens with zero attached hydrogens (tertiary/aromatic N) is 5. The molecule has 8 heteroatoms. The van der Waals surface area contributed by atoms with E-state index in [9.17, 15) is 14.4 Å². The normalized spacial score (nSPS) is 19.8. The van der Waals surface area contributed by atoms with Crippen LogP contribution in [0.4, 0.5) is 4.79 Å². The molecule has 2 aliphatic rings. The number of fused-ring (bicyclic) bond motifs is 1. The Morgan fingerprint density at radius 3 is 2.60 bits per heavy atom. The summed E-state index contributed by atoms with van der Waals surface area (Å²) < 4.78 is 1.52. The molecule has 0 aromatic carbocycles. The number of amides is 3. The highest BCUT2D eigenvalue weighted by atomic mass is 16.2. The largest absolute Gasteiger partial charge is 0.332 e. The van der Waals surface area contributed by atoms with E-state index in [2.05, 4.69) is 4.98 Å². The topological polar surface area (TPSA) is 78.8 Å². The Labute approximate surface area is 147 Å². The number of aromatic nitrogens is 2. The molecule has 136 valence electrons. The fraction of sp³-hybridized carbons (Fsp3) is 0.647. The van der Waals surface area contributed by atoms with Gasteiger partial charge in [-0.15, -0.1) is 0 Å². The first-order valence-electron chi connectivity index (χ1n) is 8.60. The maximum atomic E-state index is 12.9. The zero-order valence-corrected chi connectivity index (χ0v) is 15.3. The molecule has 25 heavy (non-hydrogen) atoms. The summed E-state index contributed by atoms with van der Waals surface area (Å²) in [7, 11) is 5.13. The molecule has 8 nitrogen and oxygen atoms in total. The zero-order valence-electron chi connectivity index (χ0n) is 15.3. The molecule has 0 saturated carbocycles. The molecule has 3 heterocycles. The summed E-state index contributed by atoms with van der Waals surface area (Å²) in [6, 6.07) is -0.0617. The van der Waals surface area contributed by atoms with Gasteiger partial charge in [0.1, 0.15) is 5.82 Å². The first-order valence-corrected chi connectivity index (χ1v) is 8.60. The molecule has 0 unspecified atom stereocenters. The molecule has 1 atom stereocenters. The van der Waals surface area contributed by atoms with Crippen LogP contribution in [0.25, 0.3) is 0 Å². The van der Waals surface area contributed by atoms with Gasteiger partial charge < -0.3 is 14.7 Å². The van der Waals surface area contributed by atoms with E-state index in [-0.39, 0.29) is 23.4 Å². The molecule has 1 fully saturated rings. The van der Waals surface area contributed by atoms with Crippen molar-refractivity contribution in [3.05, 3.63) is 27.4 Å². The Morgan fingerprint density at radius 1 is 1.20 bits per heavy atom. The molecular weight excluding hydrogens is 322 g/mol. The predicted molar refractivity (Wildman–Crippen MR) is 91.8 cm³/mol. The lowest BCUT2D eigenvalue weighted by molar-refractivity contribution is -0.137. The lowest BCUT2D eigenvalue weighted by atomic mass is 9.97. The van der Waals surface area contributed by atoms with Crippen LogP contribution in [-0.2, 0) is 24.9 Å². The van der Waals surface area contributed by atoms with Crippen molar-refractivity contribution < 1.29 is 9.59 Å². The van der Waals surface area contributed by atoms with E-state index >= 15 is 0 Å². The summed E-state index contributed by atoms with van der Waals surface area (Å²) in [6.45, 7) is 3.60. The Kier molecular flexibility index (Phi) is 4.53. The van der Waals surface area contributed by atoms with E-state index in [0.29, 0.717) is 43.3 Å². The van der Waals surface area contributed by atoms with E-state index in [0.717, 1.165) is 12.8 Å². The molecule has 2 aliphatic heterocycles. The van der Waals surface area contributed by atoms with Crippen molar-refractivity contribution in [1.82, 2.24) is 24.3 Å². The minimum Gasteiger partial charge on any atom is -0.332 e. The maximum Gasteiger partial charge on any atom is 0.319 e. The smallest absolute Gasteiger partial charge is 0.319 e. The van der Waals surface area contributed by atoms with Crippen LogP contribution in [0, 0.1) is 12.8 Å². The van der Waals surface area contributed by atoms with Crippen LogP contribution < -0.4 is 5.56 Å². The van der Waals surface area contributed by atoms with Gasteiger partial charge in [0.15, 0.2) is 0 Å². The van der Waals surface area contributed by atoms with Gasteiger partial charge in [0.2, 0.25) is 5.91 Å². The van der Waals surface area contributed by atoms with Crippen molar-refractivity contribution in [1.29, 1.82) is 0 Å². The summed E-state index contributed by atoms with van der Waals surface area (Å²) in [5, 5.41) is 0. The fourth-order valence-electron chi connectivity index (χ4n) is 3.58. The Hall–Kier alpha value is -2.38. The average Bonchev–Trinajstić information content (AvgIpc) is 3.02.